The van der Waals surface area contributed by atoms with Gasteiger partial charge in [0, 0.05) is 11.8 Å². The second-order valence-electron chi connectivity index (χ2n) is 4.27. The van der Waals surface area contributed by atoms with Gasteiger partial charge in [-0.3, -0.25) is 14.9 Å². The Bertz CT molecular complexity index is 697. The quantitative estimate of drug-likeness (QED) is 0.640. The summed E-state index contributed by atoms with van der Waals surface area (Å²) >= 11 is 2.51. The van der Waals surface area contributed by atoms with Crippen molar-refractivity contribution in [2.75, 3.05) is 5.32 Å². The Labute approximate surface area is 129 Å². The standard InChI is InChI=1S/C12H15N5O2S2/c1-4-8-5-9(18)14-11(13-8)20-6(2)10(19)15-12-17-16-7(3)21-12/h5-6H,4H2,1-3H3,(H,13,14,18)(H,15,17,19). The molecule has 1 amide bonds. The zero-order valence-corrected chi connectivity index (χ0v) is 13.5. The lowest BCUT2D eigenvalue weighted by Crippen LogP contribution is -2.23. The molecule has 2 rings (SSSR count). The van der Waals surface area contributed by atoms with Crippen molar-refractivity contribution in [2.45, 2.75) is 37.6 Å². The molecule has 2 heterocycles. The average molecular weight is 325 g/mol. The summed E-state index contributed by atoms with van der Waals surface area (Å²) in [7, 11) is 0. The first-order valence-electron chi connectivity index (χ1n) is 6.35. The van der Waals surface area contributed by atoms with Gasteiger partial charge in [0.05, 0.1) is 5.25 Å². The van der Waals surface area contributed by atoms with E-state index in [4.69, 9.17) is 0 Å². The molecule has 0 aliphatic carbocycles. The van der Waals surface area contributed by atoms with Gasteiger partial charge in [0.1, 0.15) is 5.01 Å². The minimum Gasteiger partial charge on any atom is -0.301 e. The lowest BCUT2D eigenvalue weighted by molar-refractivity contribution is -0.115. The molecule has 1 unspecified atom stereocenters. The van der Waals surface area contributed by atoms with E-state index < -0.39 is 5.25 Å². The predicted octanol–water partition coefficient (Wildman–Crippen LogP) is 1.61. The van der Waals surface area contributed by atoms with E-state index in [1.165, 1.54) is 29.2 Å². The third-order valence-corrected chi connectivity index (χ3v) is 4.29. The van der Waals surface area contributed by atoms with Crippen molar-refractivity contribution in [1.82, 2.24) is 20.2 Å². The molecular formula is C12H15N5O2S2. The topological polar surface area (TPSA) is 101 Å². The van der Waals surface area contributed by atoms with Crippen LogP contribution >= 0.6 is 23.1 Å². The third kappa shape index (κ3) is 4.36. The first kappa shape index (κ1) is 15.6. The lowest BCUT2D eigenvalue weighted by atomic mass is 10.3. The van der Waals surface area contributed by atoms with Crippen LogP contribution in [0, 0.1) is 6.92 Å². The number of thioether (sulfide) groups is 1. The zero-order valence-electron chi connectivity index (χ0n) is 11.8. The fraction of sp³-hybridized carbons (Fsp3) is 0.417. The molecule has 21 heavy (non-hydrogen) atoms. The Morgan fingerprint density at radius 2 is 2.29 bits per heavy atom. The highest BCUT2D eigenvalue weighted by atomic mass is 32.2. The number of rotatable bonds is 5. The number of nitrogens with zero attached hydrogens (tertiary/aromatic N) is 3. The molecule has 0 saturated carbocycles. The van der Waals surface area contributed by atoms with E-state index >= 15 is 0 Å². The summed E-state index contributed by atoms with van der Waals surface area (Å²) in [6.07, 6.45) is 0.669. The first-order valence-corrected chi connectivity index (χ1v) is 8.05. The van der Waals surface area contributed by atoms with E-state index in [-0.39, 0.29) is 11.5 Å². The van der Waals surface area contributed by atoms with Gasteiger partial charge < -0.3 is 4.98 Å². The van der Waals surface area contributed by atoms with Gasteiger partial charge in [-0.2, -0.15) is 0 Å². The molecule has 0 aliphatic rings. The van der Waals surface area contributed by atoms with Crippen molar-refractivity contribution in [2.24, 2.45) is 0 Å². The minimum absolute atomic E-state index is 0.208. The van der Waals surface area contributed by atoms with Gasteiger partial charge in [0.25, 0.3) is 5.56 Å². The minimum atomic E-state index is -0.413. The van der Waals surface area contributed by atoms with Crippen LogP contribution in [-0.2, 0) is 11.2 Å². The Hall–Kier alpha value is -1.74. The van der Waals surface area contributed by atoms with E-state index in [0.717, 1.165) is 5.01 Å². The fourth-order valence-corrected chi connectivity index (χ4v) is 2.92. The molecule has 2 N–H and O–H groups in total. The number of anilines is 1. The van der Waals surface area contributed by atoms with E-state index in [1.807, 2.05) is 13.8 Å². The number of aromatic nitrogens is 4. The van der Waals surface area contributed by atoms with E-state index in [0.29, 0.717) is 22.4 Å². The third-order valence-electron chi connectivity index (χ3n) is 2.55. The lowest BCUT2D eigenvalue weighted by Gasteiger charge is -2.09. The van der Waals surface area contributed by atoms with Gasteiger partial charge in [-0.25, -0.2) is 4.98 Å². The Morgan fingerprint density at radius 1 is 1.52 bits per heavy atom. The molecule has 1 atom stereocenters. The predicted molar refractivity (Wildman–Crippen MR) is 82.8 cm³/mol. The van der Waals surface area contributed by atoms with Crippen molar-refractivity contribution in [1.29, 1.82) is 0 Å². The molecule has 0 bridgehead atoms. The number of H-pyrrole nitrogens is 1. The fourth-order valence-electron chi connectivity index (χ4n) is 1.50. The van der Waals surface area contributed by atoms with Crippen LogP contribution in [0.5, 0.6) is 0 Å². The molecular weight excluding hydrogens is 310 g/mol. The van der Waals surface area contributed by atoms with Crippen LogP contribution in [-0.4, -0.2) is 31.3 Å². The van der Waals surface area contributed by atoms with Gasteiger partial charge in [-0.15, -0.1) is 10.2 Å². The second kappa shape index (κ2) is 6.81. The van der Waals surface area contributed by atoms with Gasteiger partial charge in [-0.1, -0.05) is 30.0 Å². The monoisotopic (exact) mass is 325 g/mol. The van der Waals surface area contributed by atoms with Crippen molar-refractivity contribution >= 4 is 34.1 Å². The summed E-state index contributed by atoms with van der Waals surface area (Å²) in [4.78, 5) is 30.5. The molecule has 7 nitrogen and oxygen atoms in total. The Kier molecular flexibility index (Phi) is 5.07. The molecule has 2 aromatic rings. The molecule has 9 heteroatoms. The number of carbonyl (C=O) groups is 1. The maximum Gasteiger partial charge on any atom is 0.251 e. The highest BCUT2D eigenvalue weighted by molar-refractivity contribution is 8.00. The van der Waals surface area contributed by atoms with Gasteiger partial charge in [0.15, 0.2) is 5.16 Å². The molecule has 0 aliphatic heterocycles. The number of aromatic amines is 1. The molecule has 0 fully saturated rings. The van der Waals surface area contributed by atoms with Crippen molar-refractivity contribution in [3.63, 3.8) is 0 Å². The van der Waals surface area contributed by atoms with Crippen LogP contribution in [0.25, 0.3) is 0 Å². The van der Waals surface area contributed by atoms with Crippen LogP contribution in [0.1, 0.15) is 24.5 Å². The number of hydrogen-bond donors (Lipinski definition) is 2. The van der Waals surface area contributed by atoms with Crippen LogP contribution < -0.4 is 10.9 Å². The molecule has 112 valence electrons. The largest absolute Gasteiger partial charge is 0.301 e. The first-order chi connectivity index (χ1) is 9.97. The van der Waals surface area contributed by atoms with Crippen LogP contribution in [0.15, 0.2) is 16.0 Å². The van der Waals surface area contributed by atoms with E-state index in [9.17, 15) is 9.59 Å². The molecule has 0 spiro atoms. The summed E-state index contributed by atoms with van der Waals surface area (Å²) in [6.45, 7) is 5.48. The smallest absolute Gasteiger partial charge is 0.251 e. The van der Waals surface area contributed by atoms with Crippen LogP contribution in [0.4, 0.5) is 5.13 Å². The zero-order chi connectivity index (χ0) is 15.4. The maximum absolute atomic E-state index is 12.1. The summed E-state index contributed by atoms with van der Waals surface area (Å²) < 4.78 is 0. The van der Waals surface area contributed by atoms with Crippen LogP contribution in [0.2, 0.25) is 0 Å². The summed E-state index contributed by atoms with van der Waals surface area (Å²) in [5.41, 5.74) is 0.491. The van der Waals surface area contributed by atoms with Crippen molar-refractivity contribution in [3.8, 4) is 0 Å². The van der Waals surface area contributed by atoms with Crippen molar-refractivity contribution in [3.05, 3.63) is 27.1 Å². The Balaban J connectivity index is 2.03. The van der Waals surface area contributed by atoms with Crippen molar-refractivity contribution < 1.29 is 4.79 Å². The molecule has 0 aromatic carbocycles. The summed E-state index contributed by atoms with van der Waals surface area (Å²) in [5.74, 6) is -0.208. The average Bonchev–Trinajstić information content (AvgIpc) is 2.83. The summed E-state index contributed by atoms with van der Waals surface area (Å²) in [6, 6.07) is 1.46. The second-order valence-corrected chi connectivity index (χ2v) is 6.78. The number of amides is 1. The number of hydrogen-bond acceptors (Lipinski definition) is 7. The van der Waals surface area contributed by atoms with Gasteiger partial charge >= 0.3 is 0 Å². The normalized spacial score (nSPS) is 12.1. The number of nitrogens with one attached hydrogen (secondary N) is 2. The molecule has 0 radical (unpaired) electrons. The molecule has 2 aromatic heterocycles. The number of carbonyl (C=O) groups excluding carboxylic acids is 1. The Morgan fingerprint density at radius 3 is 2.90 bits per heavy atom. The maximum atomic E-state index is 12.1. The highest BCUT2D eigenvalue weighted by Crippen LogP contribution is 2.21. The van der Waals surface area contributed by atoms with Gasteiger partial charge in [0.2, 0.25) is 11.0 Å². The molecule has 0 saturated heterocycles. The van der Waals surface area contributed by atoms with E-state index in [2.05, 4.69) is 25.5 Å². The highest BCUT2D eigenvalue weighted by Gasteiger charge is 2.17. The van der Waals surface area contributed by atoms with E-state index in [1.54, 1.807) is 6.92 Å². The summed E-state index contributed by atoms with van der Waals surface area (Å²) in [5, 5.41) is 11.6. The van der Waals surface area contributed by atoms with Crippen LogP contribution in [0.3, 0.4) is 0 Å². The SMILES string of the molecule is CCc1cc(=O)[nH]c(SC(C)C(=O)Nc2nnc(C)s2)n1. The number of aryl methyl sites for hydroxylation is 2. The van der Waals surface area contributed by atoms with Gasteiger partial charge in [-0.05, 0) is 20.3 Å².